The lowest BCUT2D eigenvalue weighted by molar-refractivity contribution is 0.258. The van der Waals surface area contributed by atoms with Crippen molar-refractivity contribution in [3.8, 4) is 0 Å². The fraction of sp³-hybridized carbons (Fsp3) is 0.438. The van der Waals surface area contributed by atoms with Crippen molar-refractivity contribution in [2.75, 3.05) is 19.6 Å². The molecule has 1 aromatic carbocycles. The van der Waals surface area contributed by atoms with Crippen LogP contribution in [0.15, 0.2) is 41.6 Å². The van der Waals surface area contributed by atoms with Crippen LogP contribution < -0.4 is 5.73 Å². The van der Waals surface area contributed by atoms with E-state index in [1.165, 1.54) is 0 Å². The quantitative estimate of drug-likeness (QED) is 0.935. The maximum absolute atomic E-state index is 13.0. The second-order valence-corrected chi connectivity index (χ2v) is 7.71. The minimum atomic E-state index is -3.48. The van der Waals surface area contributed by atoms with Crippen LogP contribution in [0.25, 0.3) is 10.8 Å². The second kappa shape index (κ2) is 6.32. The molecule has 3 rings (SSSR count). The predicted octanol–water partition coefficient (Wildman–Crippen LogP) is 1.98. The monoisotopic (exact) mass is 319 g/mol. The molecule has 2 heterocycles. The Morgan fingerprint density at radius 1 is 1.32 bits per heavy atom. The lowest BCUT2D eigenvalue weighted by Gasteiger charge is -2.32. The smallest absolute Gasteiger partial charge is 0.243 e. The molecule has 0 amide bonds. The van der Waals surface area contributed by atoms with Gasteiger partial charge in [0.05, 0.1) is 4.90 Å². The Balaban J connectivity index is 1.98. The first-order valence-electron chi connectivity index (χ1n) is 7.66. The molecule has 22 heavy (non-hydrogen) atoms. The van der Waals surface area contributed by atoms with Crippen molar-refractivity contribution < 1.29 is 8.42 Å². The van der Waals surface area contributed by atoms with Gasteiger partial charge >= 0.3 is 0 Å². The molecule has 0 spiro atoms. The zero-order valence-corrected chi connectivity index (χ0v) is 13.3. The molecule has 0 radical (unpaired) electrons. The molecule has 0 saturated carbocycles. The molecule has 1 saturated heterocycles. The first-order valence-corrected chi connectivity index (χ1v) is 9.10. The van der Waals surface area contributed by atoms with Crippen LogP contribution >= 0.6 is 0 Å². The molecule has 1 unspecified atom stereocenters. The summed E-state index contributed by atoms with van der Waals surface area (Å²) in [5.74, 6) is 0.366. The van der Waals surface area contributed by atoms with Crippen LogP contribution in [0.5, 0.6) is 0 Å². The Morgan fingerprint density at radius 2 is 2.18 bits per heavy atom. The fourth-order valence-corrected chi connectivity index (χ4v) is 4.94. The summed E-state index contributed by atoms with van der Waals surface area (Å²) in [6.07, 6.45) is 6.17. The summed E-state index contributed by atoms with van der Waals surface area (Å²) in [5.41, 5.74) is 5.62. The van der Waals surface area contributed by atoms with E-state index < -0.39 is 10.0 Å². The Bertz CT molecular complexity index is 754. The van der Waals surface area contributed by atoms with E-state index in [9.17, 15) is 8.42 Å². The zero-order valence-electron chi connectivity index (χ0n) is 12.5. The highest BCUT2D eigenvalue weighted by Crippen LogP contribution is 2.29. The number of piperidine rings is 1. The molecule has 2 N–H and O–H groups in total. The first kappa shape index (κ1) is 15.4. The van der Waals surface area contributed by atoms with E-state index in [1.54, 1.807) is 34.9 Å². The predicted molar refractivity (Wildman–Crippen MR) is 86.9 cm³/mol. The van der Waals surface area contributed by atoms with Gasteiger partial charge in [-0.3, -0.25) is 4.98 Å². The van der Waals surface area contributed by atoms with E-state index in [1.807, 2.05) is 6.07 Å². The van der Waals surface area contributed by atoms with Crippen LogP contribution in [0.1, 0.15) is 19.3 Å². The van der Waals surface area contributed by atoms with Gasteiger partial charge in [-0.05, 0) is 43.9 Å². The molecule has 0 bridgehead atoms. The molecule has 1 aliphatic rings. The maximum Gasteiger partial charge on any atom is 0.243 e. The number of fused-ring (bicyclic) bond motifs is 1. The SMILES string of the molecule is NCCC1CCCN(S(=O)(=O)c2cccc3cnccc23)C1. The first-order chi connectivity index (χ1) is 10.6. The van der Waals surface area contributed by atoms with Gasteiger partial charge in [-0.25, -0.2) is 8.42 Å². The number of sulfonamides is 1. The number of rotatable bonds is 4. The van der Waals surface area contributed by atoms with Gasteiger partial charge in [0.15, 0.2) is 0 Å². The minimum Gasteiger partial charge on any atom is -0.330 e. The van der Waals surface area contributed by atoms with Crippen LogP contribution in [0.2, 0.25) is 0 Å². The van der Waals surface area contributed by atoms with Gasteiger partial charge < -0.3 is 5.73 Å². The molecule has 1 atom stereocenters. The van der Waals surface area contributed by atoms with E-state index in [-0.39, 0.29) is 0 Å². The molecule has 1 aromatic heterocycles. The Kier molecular flexibility index (Phi) is 4.42. The van der Waals surface area contributed by atoms with Crippen LogP contribution in [0.4, 0.5) is 0 Å². The van der Waals surface area contributed by atoms with Crippen LogP contribution in [0, 0.1) is 5.92 Å². The highest BCUT2D eigenvalue weighted by molar-refractivity contribution is 7.89. The summed E-state index contributed by atoms with van der Waals surface area (Å²) in [7, 11) is -3.48. The van der Waals surface area contributed by atoms with Gasteiger partial charge in [-0.2, -0.15) is 4.31 Å². The van der Waals surface area contributed by atoms with Crippen molar-refractivity contribution in [1.29, 1.82) is 0 Å². The fourth-order valence-electron chi connectivity index (χ4n) is 3.17. The summed E-state index contributed by atoms with van der Waals surface area (Å²) < 4.78 is 27.7. The van der Waals surface area contributed by atoms with Gasteiger partial charge in [-0.15, -0.1) is 0 Å². The summed E-state index contributed by atoms with van der Waals surface area (Å²) in [6.45, 7) is 1.77. The number of nitrogens with zero attached hydrogens (tertiary/aromatic N) is 2. The summed E-state index contributed by atoms with van der Waals surface area (Å²) in [6, 6.07) is 7.11. The van der Waals surface area contributed by atoms with Crippen molar-refractivity contribution in [1.82, 2.24) is 9.29 Å². The van der Waals surface area contributed by atoms with E-state index in [0.29, 0.717) is 30.4 Å². The third kappa shape index (κ3) is 2.86. The molecule has 1 aliphatic heterocycles. The number of benzene rings is 1. The molecule has 118 valence electrons. The molecule has 1 fully saturated rings. The van der Waals surface area contributed by atoms with Crippen LogP contribution in [-0.4, -0.2) is 37.3 Å². The van der Waals surface area contributed by atoms with Crippen molar-refractivity contribution in [3.63, 3.8) is 0 Å². The third-order valence-electron chi connectivity index (χ3n) is 4.32. The van der Waals surface area contributed by atoms with Gasteiger partial charge in [0, 0.05) is 36.3 Å². The van der Waals surface area contributed by atoms with Crippen molar-refractivity contribution in [2.45, 2.75) is 24.2 Å². The Labute approximate surface area is 131 Å². The van der Waals surface area contributed by atoms with Gasteiger partial charge in [-0.1, -0.05) is 12.1 Å². The van der Waals surface area contributed by atoms with Gasteiger partial charge in [0.25, 0.3) is 0 Å². The summed E-state index contributed by atoms with van der Waals surface area (Å²) in [5, 5.41) is 1.58. The topological polar surface area (TPSA) is 76.3 Å². The zero-order chi connectivity index (χ0) is 15.6. The average Bonchev–Trinajstić information content (AvgIpc) is 2.55. The average molecular weight is 319 g/mol. The van der Waals surface area contributed by atoms with Crippen molar-refractivity contribution in [2.24, 2.45) is 11.7 Å². The molecular weight excluding hydrogens is 298 g/mol. The molecule has 0 aliphatic carbocycles. The van der Waals surface area contributed by atoms with Gasteiger partial charge in [0.1, 0.15) is 0 Å². The molecule has 5 nitrogen and oxygen atoms in total. The standard InChI is InChI=1S/C16H21N3O2S/c17-8-6-13-3-2-10-19(12-13)22(20,21)16-5-1-4-14-11-18-9-7-15(14)16/h1,4-5,7,9,11,13H,2-3,6,8,10,12,17H2. The maximum atomic E-state index is 13.0. The lowest BCUT2D eigenvalue weighted by Crippen LogP contribution is -2.40. The molecule has 2 aromatic rings. The normalized spacial score (nSPS) is 20.3. The minimum absolute atomic E-state index is 0.366. The number of aromatic nitrogens is 1. The van der Waals surface area contributed by atoms with Crippen molar-refractivity contribution >= 4 is 20.8 Å². The summed E-state index contributed by atoms with van der Waals surface area (Å²) >= 11 is 0. The van der Waals surface area contributed by atoms with Crippen LogP contribution in [0.3, 0.4) is 0 Å². The summed E-state index contributed by atoms with van der Waals surface area (Å²) in [4.78, 5) is 4.44. The second-order valence-electron chi connectivity index (χ2n) is 5.80. The number of hydrogen-bond donors (Lipinski definition) is 1. The van der Waals surface area contributed by atoms with E-state index in [2.05, 4.69) is 4.98 Å². The highest BCUT2D eigenvalue weighted by Gasteiger charge is 2.30. The highest BCUT2D eigenvalue weighted by atomic mass is 32.2. The number of nitrogens with two attached hydrogens (primary N) is 1. The van der Waals surface area contributed by atoms with Gasteiger partial charge in [0.2, 0.25) is 10.0 Å². The van der Waals surface area contributed by atoms with Crippen molar-refractivity contribution in [3.05, 3.63) is 36.7 Å². The van der Waals surface area contributed by atoms with E-state index in [0.717, 1.165) is 30.0 Å². The van der Waals surface area contributed by atoms with Crippen LogP contribution in [-0.2, 0) is 10.0 Å². The lowest BCUT2D eigenvalue weighted by atomic mass is 9.96. The Hall–Kier alpha value is -1.50. The molecular formula is C16H21N3O2S. The van der Waals surface area contributed by atoms with E-state index in [4.69, 9.17) is 5.73 Å². The number of hydrogen-bond acceptors (Lipinski definition) is 4. The molecule has 6 heteroatoms. The largest absolute Gasteiger partial charge is 0.330 e. The van der Waals surface area contributed by atoms with E-state index >= 15 is 0 Å². The number of pyridine rings is 1. The third-order valence-corrected chi connectivity index (χ3v) is 6.24. The Morgan fingerprint density at radius 3 is 3.00 bits per heavy atom.